The highest BCUT2D eigenvalue weighted by atomic mass is 16.3. The molecule has 148 valence electrons. The average molecular weight is 380 g/mol. The van der Waals surface area contributed by atoms with Crippen molar-refractivity contribution in [2.45, 2.75) is 44.3 Å². The summed E-state index contributed by atoms with van der Waals surface area (Å²) in [4.78, 5) is 17.0. The van der Waals surface area contributed by atoms with Gasteiger partial charge in [0.2, 0.25) is 0 Å². The minimum absolute atomic E-state index is 0.0456. The van der Waals surface area contributed by atoms with Gasteiger partial charge in [-0.3, -0.25) is 4.90 Å². The predicted octanol–water partition coefficient (Wildman–Crippen LogP) is 3.17. The van der Waals surface area contributed by atoms with Crippen molar-refractivity contribution >= 4 is 6.03 Å². The number of hydrogen-bond acceptors (Lipinski definition) is 3. The number of fused-ring (bicyclic) bond motifs is 1. The molecule has 5 nitrogen and oxygen atoms in total. The summed E-state index contributed by atoms with van der Waals surface area (Å²) in [5, 5.41) is 12.8. The van der Waals surface area contributed by atoms with Crippen LogP contribution in [0.15, 0.2) is 48.5 Å². The second-order valence-corrected chi connectivity index (χ2v) is 8.11. The number of aromatic hydroxyl groups is 1. The molecule has 2 N–H and O–H groups in total. The first kappa shape index (κ1) is 18.8. The van der Waals surface area contributed by atoms with Crippen molar-refractivity contribution in [1.29, 1.82) is 0 Å². The van der Waals surface area contributed by atoms with Crippen molar-refractivity contribution in [2.24, 2.45) is 0 Å². The molecule has 1 heterocycles. The van der Waals surface area contributed by atoms with Crippen molar-refractivity contribution in [3.8, 4) is 5.75 Å². The number of nitrogens with zero attached hydrogens (tertiary/aromatic N) is 2. The van der Waals surface area contributed by atoms with Gasteiger partial charge < -0.3 is 15.3 Å². The molecule has 1 aliphatic heterocycles. The quantitative estimate of drug-likeness (QED) is 0.858. The number of carbonyl (C=O) groups excluding carboxylic acids is 1. The van der Waals surface area contributed by atoms with Crippen LogP contribution in [0.25, 0.3) is 0 Å². The molecule has 5 heteroatoms. The first-order valence-electron chi connectivity index (χ1n) is 10.2. The standard InChI is InChI=1S/C23H29N3O2/c1-25(21-14-18-6-2-3-7-19(18)15-21)23(28)24-20-9-11-26(12-10-20)16-17-5-4-8-22(27)13-17/h2-8,13,20-21,27H,9-12,14-16H2,1H3,(H,24,28). The molecule has 2 aliphatic rings. The van der Waals surface area contributed by atoms with Crippen LogP contribution >= 0.6 is 0 Å². The Kier molecular flexibility index (Phi) is 5.53. The van der Waals surface area contributed by atoms with Crippen LogP contribution in [0.2, 0.25) is 0 Å². The van der Waals surface area contributed by atoms with Crippen LogP contribution in [0.3, 0.4) is 0 Å². The number of carbonyl (C=O) groups is 1. The van der Waals surface area contributed by atoms with Crippen LogP contribution < -0.4 is 5.32 Å². The maximum absolute atomic E-state index is 12.7. The number of rotatable bonds is 4. The van der Waals surface area contributed by atoms with E-state index in [4.69, 9.17) is 0 Å². The zero-order valence-electron chi connectivity index (χ0n) is 16.5. The number of urea groups is 1. The van der Waals surface area contributed by atoms with Gasteiger partial charge in [-0.05, 0) is 54.5 Å². The Balaban J connectivity index is 1.24. The summed E-state index contributed by atoms with van der Waals surface area (Å²) in [7, 11) is 1.92. The molecule has 1 aliphatic carbocycles. The van der Waals surface area contributed by atoms with Gasteiger partial charge >= 0.3 is 6.03 Å². The maximum atomic E-state index is 12.7. The molecule has 2 aromatic carbocycles. The minimum Gasteiger partial charge on any atom is -0.508 e. The topological polar surface area (TPSA) is 55.8 Å². The largest absolute Gasteiger partial charge is 0.508 e. The van der Waals surface area contributed by atoms with Gasteiger partial charge in [0.05, 0.1) is 0 Å². The lowest BCUT2D eigenvalue weighted by atomic mass is 10.0. The molecule has 0 spiro atoms. The van der Waals surface area contributed by atoms with Crippen LogP contribution in [0.4, 0.5) is 4.79 Å². The first-order valence-corrected chi connectivity index (χ1v) is 10.2. The van der Waals surface area contributed by atoms with Crippen molar-refractivity contribution < 1.29 is 9.90 Å². The Labute approximate surface area is 167 Å². The average Bonchev–Trinajstić information content (AvgIpc) is 3.13. The van der Waals surface area contributed by atoms with Crippen LogP contribution in [0.5, 0.6) is 5.75 Å². The van der Waals surface area contributed by atoms with Gasteiger partial charge in [0.15, 0.2) is 0 Å². The highest BCUT2D eigenvalue weighted by molar-refractivity contribution is 5.74. The van der Waals surface area contributed by atoms with Crippen LogP contribution in [0.1, 0.15) is 29.5 Å². The van der Waals surface area contributed by atoms with E-state index in [0.29, 0.717) is 5.75 Å². The van der Waals surface area contributed by atoms with Crippen LogP contribution in [-0.4, -0.2) is 53.2 Å². The van der Waals surface area contributed by atoms with Gasteiger partial charge in [0.1, 0.15) is 5.75 Å². The number of piperidine rings is 1. The Morgan fingerprint density at radius 2 is 1.79 bits per heavy atom. The summed E-state index contributed by atoms with van der Waals surface area (Å²) in [5.74, 6) is 0.316. The monoisotopic (exact) mass is 379 g/mol. The predicted molar refractivity (Wildman–Crippen MR) is 110 cm³/mol. The van der Waals surface area contributed by atoms with Gasteiger partial charge in [-0.2, -0.15) is 0 Å². The minimum atomic E-state index is 0.0456. The highest BCUT2D eigenvalue weighted by Crippen LogP contribution is 2.25. The zero-order valence-corrected chi connectivity index (χ0v) is 16.5. The van der Waals surface area contributed by atoms with E-state index in [1.54, 1.807) is 6.07 Å². The summed E-state index contributed by atoms with van der Waals surface area (Å²) in [6.45, 7) is 2.76. The third kappa shape index (κ3) is 4.30. The molecular formula is C23H29N3O2. The second kappa shape index (κ2) is 8.23. The highest BCUT2D eigenvalue weighted by Gasteiger charge is 2.29. The lowest BCUT2D eigenvalue weighted by Gasteiger charge is -2.34. The second-order valence-electron chi connectivity index (χ2n) is 8.11. The number of phenols is 1. The molecule has 0 bridgehead atoms. The Hall–Kier alpha value is -2.53. The molecule has 0 saturated carbocycles. The van der Waals surface area contributed by atoms with E-state index in [2.05, 4.69) is 34.5 Å². The van der Waals surface area contributed by atoms with Crippen molar-refractivity contribution in [1.82, 2.24) is 15.1 Å². The number of benzene rings is 2. The Morgan fingerprint density at radius 3 is 2.43 bits per heavy atom. The molecule has 1 fully saturated rings. The fourth-order valence-electron chi connectivity index (χ4n) is 4.40. The molecule has 0 unspecified atom stereocenters. The van der Waals surface area contributed by atoms with E-state index in [-0.39, 0.29) is 18.1 Å². The van der Waals surface area contributed by atoms with E-state index in [1.807, 2.05) is 30.1 Å². The smallest absolute Gasteiger partial charge is 0.317 e. The van der Waals surface area contributed by atoms with Crippen LogP contribution in [-0.2, 0) is 19.4 Å². The van der Waals surface area contributed by atoms with Gasteiger partial charge in [-0.1, -0.05) is 36.4 Å². The van der Waals surface area contributed by atoms with E-state index in [0.717, 1.165) is 50.9 Å². The Bertz CT molecular complexity index is 805. The number of likely N-dealkylation sites (N-methyl/N-ethyl adjacent to an activating group) is 1. The molecule has 0 radical (unpaired) electrons. The lowest BCUT2D eigenvalue weighted by Crippen LogP contribution is -2.50. The molecule has 1 saturated heterocycles. The fraction of sp³-hybridized carbons (Fsp3) is 0.435. The van der Waals surface area contributed by atoms with Crippen LogP contribution in [0, 0.1) is 0 Å². The number of phenolic OH excluding ortho intramolecular Hbond substituents is 1. The van der Waals surface area contributed by atoms with Crippen molar-refractivity contribution in [3.63, 3.8) is 0 Å². The normalized spacial score (nSPS) is 18.0. The van der Waals surface area contributed by atoms with Gasteiger partial charge in [-0.15, -0.1) is 0 Å². The number of hydrogen-bond donors (Lipinski definition) is 2. The van der Waals surface area contributed by atoms with Crippen molar-refractivity contribution in [3.05, 3.63) is 65.2 Å². The summed E-state index contributed by atoms with van der Waals surface area (Å²) >= 11 is 0. The van der Waals surface area contributed by atoms with E-state index in [9.17, 15) is 9.90 Å². The number of likely N-dealkylation sites (tertiary alicyclic amines) is 1. The zero-order chi connectivity index (χ0) is 19.5. The molecule has 4 rings (SSSR count). The van der Waals surface area contributed by atoms with E-state index >= 15 is 0 Å². The van der Waals surface area contributed by atoms with Gasteiger partial charge in [0, 0.05) is 38.8 Å². The molecule has 2 amide bonds. The Morgan fingerprint density at radius 1 is 1.11 bits per heavy atom. The molecule has 0 aromatic heterocycles. The summed E-state index contributed by atoms with van der Waals surface area (Å²) in [5.41, 5.74) is 3.86. The molecular weight excluding hydrogens is 350 g/mol. The molecule has 2 aromatic rings. The first-order chi connectivity index (χ1) is 13.6. The SMILES string of the molecule is CN(C(=O)NC1CCN(Cc2cccc(O)c2)CC1)C1Cc2ccccc2C1. The van der Waals surface area contributed by atoms with Crippen molar-refractivity contribution in [2.75, 3.05) is 20.1 Å². The third-order valence-corrected chi connectivity index (χ3v) is 6.13. The summed E-state index contributed by atoms with van der Waals surface area (Å²) in [6.07, 6.45) is 3.82. The molecule has 0 atom stereocenters. The molecule has 28 heavy (non-hydrogen) atoms. The fourth-order valence-corrected chi connectivity index (χ4v) is 4.40. The summed E-state index contributed by atoms with van der Waals surface area (Å²) < 4.78 is 0. The van der Waals surface area contributed by atoms with Gasteiger partial charge in [0.25, 0.3) is 0 Å². The lowest BCUT2D eigenvalue weighted by molar-refractivity contribution is 0.165. The van der Waals surface area contributed by atoms with E-state index in [1.165, 1.54) is 11.1 Å². The maximum Gasteiger partial charge on any atom is 0.317 e. The number of nitrogens with one attached hydrogen (secondary N) is 1. The number of amides is 2. The van der Waals surface area contributed by atoms with Gasteiger partial charge in [-0.25, -0.2) is 4.79 Å². The summed E-state index contributed by atoms with van der Waals surface area (Å²) in [6, 6.07) is 16.5. The third-order valence-electron chi connectivity index (χ3n) is 6.13. The van der Waals surface area contributed by atoms with E-state index < -0.39 is 0 Å².